The molecule has 1 rings (SSSR count). The van der Waals surface area contributed by atoms with Gasteiger partial charge in [-0.25, -0.2) is 0 Å². The first-order valence-corrected chi connectivity index (χ1v) is 4.80. The second-order valence-corrected chi connectivity index (χ2v) is 3.79. The van der Waals surface area contributed by atoms with Crippen molar-refractivity contribution < 1.29 is 0 Å². The van der Waals surface area contributed by atoms with Crippen molar-refractivity contribution in [1.29, 1.82) is 0 Å². The molecule has 0 aliphatic rings. The molecular formula is C8H12N2OS. The van der Waals surface area contributed by atoms with Gasteiger partial charge in [0.25, 0.3) is 5.56 Å². The van der Waals surface area contributed by atoms with Gasteiger partial charge in [-0.1, -0.05) is 18.7 Å². The molecule has 0 aromatic carbocycles. The molecule has 0 unspecified atom stereocenters. The Kier molecular flexibility index (Phi) is 2.92. The van der Waals surface area contributed by atoms with E-state index in [0.29, 0.717) is 5.56 Å². The number of aromatic nitrogens is 2. The Labute approximate surface area is 75.8 Å². The molecule has 3 nitrogen and oxygen atoms in total. The van der Waals surface area contributed by atoms with Gasteiger partial charge in [0.2, 0.25) is 0 Å². The highest BCUT2D eigenvalue weighted by molar-refractivity contribution is 7.99. The predicted molar refractivity (Wildman–Crippen MR) is 50.6 cm³/mol. The smallest absolute Gasteiger partial charge is 0.276 e. The van der Waals surface area contributed by atoms with Crippen molar-refractivity contribution in [3.63, 3.8) is 0 Å². The van der Waals surface area contributed by atoms with Gasteiger partial charge in [-0.05, 0) is 12.7 Å². The highest BCUT2D eigenvalue weighted by atomic mass is 32.2. The summed E-state index contributed by atoms with van der Waals surface area (Å²) in [5.74, 6) is 0.934. The van der Waals surface area contributed by atoms with Crippen molar-refractivity contribution >= 4 is 11.8 Å². The van der Waals surface area contributed by atoms with Crippen molar-refractivity contribution in [2.45, 2.75) is 19.0 Å². The van der Waals surface area contributed by atoms with Crippen LogP contribution in [0.5, 0.6) is 0 Å². The summed E-state index contributed by atoms with van der Waals surface area (Å²) in [6, 6.07) is 0. The molecule has 0 saturated heterocycles. The summed E-state index contributed by atoms with van der Waals surface area (Å²) in [4.78, 5) is 15.1. The van der Waals surface area contributed by atoms with Crippen LogP contribution >= 0.6 is 11.8 Å². The topological polar surface area (TPSA) is 34.9 Å². The minimum atomic E-state index is -0.121. The van der Waals surface area contributed by atoms with Crippen LogP contribution in [0.25, 0.3) is 0 Å². The van der Waals surface area contributed by atoms with Crippen molar-refractivity contribution in [1.82, 2.24) is 9.55 Å². The van der Waals surface area contributed by atoms with E-state index < -0.39 is 0 Å². The highest BCUT2D eigenvalue weighted by Crippen LogP contribution is 2.11. The standard InChI is InChI=1S/C8H12N2OS/c1-4-12-8-9-7(11)6(2)5-10(8)3/h5H,4H2,1-3H3. The van der Waals surface area contributed by atoms with Gasteiger partial charge in [0.1, 0.15) is 0 Å². The van der Waals surface area contributed by atoms with E-state index in [1.807, 2.05) is 24.7 Å². The molecule has 12 heavy (non-hydrogen) atoms. The van der Waals surface area contributed by atoms with Crippen LogP contribution in [0.3, 0.4) is 0 Å². The molecule has 0 N–H and O–H groups in total. The van der Waals surface area contributed by atoms with Gasteiger partial charge < -0.3 is 4.57 Å². The van der Waals surface area contributed by atoms with Crippen LogP contribution in [-0.4, -0.2) is 15.3 Å². The van der Waals surface area contributed by atoms with Crippen molar-refractivity contribution in [2.75, 3.05) is 5.75 Å². The van der Waals surface area contributed by atoms with E-state index in [0.717, 1.165) is 10.9 Å². The molecule has 0 atom stereocenters. The van der Waals surface area contributed by atoms with E-state index in [-0.39, 0.29) is 5.56 Å². The molecule has 66 valence electrons. The lowest BCUT2D eigenvalue weighted by Gasteiger charge is -2.05. The number of nitrogens with zero attached hydrogens (tertiary/aromatic N) is 2. The third-order valence-electron chi connectivity index (χ3n) is 1.50. The molecule has 0 fully saturated rings. The van der Waals surface area contributed by atoms with Gasteiger partial charge in [0, 0.05) is 18.8 Å². The zero-order chi connectivity index (χ0) is 9.14. The Morgan fingerprint density at radius 2 is 2.33 bits per heavy atom. The normalized spacial score (nSPS) is 10.2. The molecule has 0 bridgehead atoms. The third-order valence-corrected chi connectivity index (χ3v) is 2.42. The summed E-state index contributed by atoms with van der Waals surface area (Å²) >= 11 is 1.58. The molecule has 1 aromatic rings. The minimum Gasteiger partial charge on any atom is -0.330 e. The van der Waals surface area contributed by atoms with Crippen LogP contribution in [0.1, 0.15) is 12.5 Å². The fourth-order valence-electron chi connectivity index (χ4n) is 0.918. The second kappa shape index (κ2) is 3.76. The number of aryl methyl sites for hydroxylation is 2. The molecule has 0 aliphatic carbocycles. The molecule has 1 heterocycles. The van der Waals surface area contributed by atoms with Crippen molar-refractivity contribution in [2.24, 2.45) is 7.05 Å². The zero-order valence-corrected chi connectivity index (χ0v) is 8.31. The van der Waals surface area contributed by atoms with Crippen LogP contribution in [0, 0.1) is 6.92 Å². The predicted octanol–water partition coefficient (Wildman–Crippen LogP) is 1.20. The maximum absolute atomic E-state index is 11.1. The molecule has 0 spiro atoms. The molecule has 4 heteroatoms. The summed E-state index contributed by atoms with van der Waals surface area (Å²) in [5, 5.41) is 0.785. The van der Waals surface area contributed by atoms with Gasteiger partial charge >= 0.3 is 0 Å². The maximum atomic E-state index is 11.1. The monoisotopic (exact) mass is 184 g/mol. The van der Waals surface area contributed by atoms with Crippen LogP contribution in [0.15, 0.2) is 16.1 Å². The first-order valence-electron chi connectivity index (χ1n) is 3.82. The first-order chi connectivity index (χ1) is 5.65. The molecule has 0 radical (unpaired) electrons. The van der Waals surface area contributed by atoms with Gasteiger partial charge in [0.15, 0.2) is 5.16 Å². The second-order valence-electron chi connectivity index (χ2n) is 2.56. The Hall–Kier alpha value is -0.770. The fourth-order valence-corrected chi connectivity index (χ4v) is 1.58. The Bertz CT molecular complexity index is 332. The number of thioether (sulfide) groups is 1. The SMILES string of the molecule is CCSc1nc(=O)c(C)cn1C. The van der Waals surface area contributed by atoms with Crippen molar-refractivity contribution in [3.8, 4) is 0 Å². The Morgan fingerprint density at radius 1 is 1.67 bits per heavy atom. The van der Waals surface area contributed by atoms with Gasteiger partial charge in [-0.15, -0.1) is 0 Å². The summed E-state index contributed by atoms with van der Waals surface area (Å²) in [5.41, 5.74) is 0.571. The van der Waals surface area contributed by atoms with E-state index in [2.05, 4.69) is 4.98 Å². The summed E-state index contributed by atoms with van der Waals surface area (Å²) in [7, 11) is 1.90. The average molecular weight is 184 g/mol. The van der Waals surface area contributed by atoms with Crippen LogP contribution < -0.4 is 5.56 Å². The van der Waals surface area contributed by atoms with Gasteiger partial charge in [-0.2, -0.15) is 4.98 Å². The van der Waals surface area contributed by atoms with Crippen LogP contribution in [0.2, 0.25) is 0 Å². The number of rotatable bonds is 2. The molecule has 0 amide bonds. The molecule has 0 saturated carbocycles. The first kappa shape index (κ1) is 9.32. The van der Waals surface area contributed by atoms with Crippen molar-refractivity contribution in [3.05, 3.63) is 22.1 Å². The van der Waals surface area contributed by atoms with E-state index >= 15 is 0 Å². The van der Waals surface area contributed by atoms with E-state index in [4.69, 9.17) is 0 Å². The summed E-state index contributed by atoms with van der Waals surface area (Å²) < 4.78 is 1.88. The van der Waals surface area contributed by atoms with Crippen LogP contribution in [0.4, 0.5) is 0 Å². The average Bonchev–Trinajstić information content (AvgIpc) is 2.01. The summed E-state index contributed by atoms with van der Waals surface area (Å²) in [6.07, 6.45) is 1.81. The minimum absolute atomic E-state index is 0.121. The maximum Gasteiger partial charge on any atom is 0.276 e. The van der Waals surface area contributed by atoms with E-state index in [9.17, 15) is 4.79 Å². The Morgan fingerprint density at radius 3 is 2.92 bits per heavy atom. The third kappa shape index (κ3) is 1.88. The molecule has 0 aliphatic heterocycles. The molecule has 1 aromatic heterocycles. The summed E-state index contributed by atoms with van der Waals surface area (Å²) in [6.45, 7) is 3.81. The largest absolute Gasteiger partial charge is 0.330 e. The lowest BCUT2D eigenvalue weighted by molar-refractivity contribution is 0.719. The van der Waals surface area contributed by atoms with E-state index in [1.165, 1.54) is 0 Å². The van der Waals surface area contributed by atoms with Crippen LogP contribution in [-0.2, 0) is 7.05 Å². The van der Waals surface area contributed by atoms with Gasteiger partial charge in [0.05, 0.1) is 0 Å². The fraction of sp³-hybridized carbons (Fsp3) is 0.500. The molecular weight excluding hydrogens is 172 g/mol. The highest BCUT2D eigenvalue weighted by Gasteiger charge is 2.01. The van der Waals surface area contributed by atoms with E-state index in [1.54, 1.807) is 18.7 Å². The number of hydrogen-bond donors (Lipinski definition) is 0. The quantitative estimate of drug-likeness (QED) is 0.511. The lowest BCUT2D eigenvalue weighted by atomic mass is 10.4. The Balaban J connectivity index is 3.14. The number of hydrogen-bond acceptors (Lipinski definition) is 3. The zero-order valence-electron chi connectivity index (χ0n) is 7.50. The van der Waals surface area contributed by atoms with Gasteiger partial charge in [-0.3, -0.25) is 4.79 Å². The lowest BCUT2D eigenvalue weighted by Crippen LogP contribution is -2.15.